The van der Waals surface area contributed by atoms with E-state index in [2.05, 4.69) is 15.5 Å². The number of nitrogens with one attached hydrogen (secondary N) is 1. The standard InChI is InChI=1S/C19H24N4O3/c1-2-17(24)23-12-6-9-15(13-23)18(25)20-11-10-16-21-19(26-22-16)14-7-4-3-5-8-14/h3-5,7-8,15H,2,6,9-13H2,1H3,(H,20,25). The zero-order chi connectivity index (χ0) is 18.4. The summed E-state index contributed by atoms with van der Waals surface area (Å²) >= 11 is 0. The van der Waals surface area contributed by atoms with Crippen LogP contribution in [-0.2, 0) is 16.0 Å². The van der Waals surface area contributed by atoms with Gasteiger partial charge in [0.25, 0.3) is 5.89 Å². The number of benzene rings is 1. The molecule has 1 aromatic carbocycles. The maximum atomic E-state index is 12.4. The van der Waals surface area contributed by atoms with E-state index in [0.717, 1.165) is 24.9 Å². The van der Waals surface area contributed by atoms with Gasteiger partial charge in [-0.05, 0) is 25.0 Å². The van der Waals surface area contributed by atoms with Gasteiger partial charge >= 0.3 is 0 Å². The summed E-state index contributed by atoms with van der Waals surface area (Å²) in [5, 5.41) is 6.89. The van der Waals surface area contributed by atoms with Gasteiger partial charge in [-0.2, -0.15) is 4.98 Å². The minimum Gasteiger partial charge on any atom is -0.355 e. The van der Waals surface area contributed by atoms with E-state index in [1.54, 1.807) is 4.90 Å². The molecule has 2 aromatic rings. The van der Waals surface area contributed by atoms with E-state index in [1.165, 1.54) is 0 Å². The van der Waals surface area contributed by atoms with E-state index in [-0.39, 0.29) is 17.7 Å². The Kier molecular flexibility index (Phi) is 5.99. The molecule has 1 aromatic heterocycles. The van der Waals surface area contributed by atoms with Crippen LogP contribution in [-0.4, -0.2) is 46.5 Å². The van der Waals surface area contributed by atoms with Crippen molar-refractivity contribution in [2.45, 2.75) is 32.6 Å². The summed E-state index contributed by atoms with van der Waals surface area (Å²) in [4.78, 5) is 30.3. The molecule has 1 aliphatic rings. The fourth-order valence-electron chi connectivity index (χ4n) is 3.14. The molecule has 1 aliphatic heterocycles. The number of carbonyl (C=O) groups excluding carboxylic acids is 2. The zero-order valence-corrected chi connectivity index (χ0v) is 15.0. The predicted octanol–water partition coefficient (Wildman–Crippen LogP) is 2.04. The lowest BCUT2D eigenvalue weighted by Gasteiger charge is -2.31. The molecule has 1 atom stereocenters. The van der Waals surface area contributed by atoms with Crippen LogP contribution in [0, 0.1) is 5.92 Å². The molecule has 7 nitrogen and oxygen atoms in total. The van der Waals surface area contributed by atoms with Crippen LogP contribution >= 0.6 is 0 Å². The molecule has 7 heteroatoms. The maximum absolute atomic E-state index is 12.4. The molecule has 1 saturated heterocycles. The summed E-state index contributed by atoms with van der Waals surface area (Å²) in [6.07, 6.45) is 2.68. The molecule has 3 rings (SSSR count). The van der Waals surface area contributed by atoms with Crippen molar-refractivity contribution in [2.24, 2.45) is 5.92 Å². The van der Waals surface area contributed by atoms with Gasteiger partial charge in [-0.3, -0.25) is 9.59 Å². The Morgan fingerprint density at radius 2 is 2.12 bits per heavy atom. The Morgan fingerprint density at radius 1 is 1.31 bits per heavy atom. The largest absolute Gasteiger partial charge is 0.355 e. The number of rotatable bonds is 6. The third-order valence-electron chi connectivity index (χ3n) is 4.58. The summed E-state index contributed by atoms with van der Waals surface area (Å²) in [7, 11) is 0. The SMILES string of the molecule is CCC(=O)N1CCCC(C(=O)NCCc2noc(-c3ccccc3)n2)C1. The molecular weight excluding hydrogens is 332 g/mol. The number of aromatic nitrogens is 2. The average Bonchev–Trinajstić information content (AvgIpc) is 3.17. The highest BCUT2D eigenvalue weighted by Gasteiger charge is 2.27. The Labute approximate surface area is 152 Å². The van der Waals surface area contributed by atoms with Crippen molar-refractivity contribution in [1.29, 1.82) is 0 Å². The molecule has 0 saturated carbocycles. The van der Waals surface area contributed by atoms with Crippen molar-refractivity contribution in [3.8, 4) is 11.5 Å². The van der Waals surface area contributed by atoms with Gasteiger partial charge in [0, 0.05) is 38.0 Å². The minimum atomic E-state index is -0.135. The van der Waals surface area contributed by atoms with Gasteiger partial charge < -0.3 is 14.7 Å². The van der Waals surface area contributed by atoms with Gasteiger partial charge in [0.2, 0.25) is 11.8 Å². The second-order valence-corrected chi connectivity index (χ2v) is 6.46. The lowest BCUT2D eigenvalue weighted by atomic mass is 9.97. The lowest BCUT2D eigenvalue weighted by Crippen LogP contribution is -2.45. The highest BCUT2D eigenvalue weighted by Crippen LogP contribution is 2.18. The highest BCUT2D eigenvalue weighted by molar-refractivity contribution is 5.81. The molecule has 26 heavy (non-hydrogen) atoms. The molecule has 1 fully saturated rings. The molecule has 1 N–H and O–H groups in total. The summed E-state index contributed by atoms with van der Waals surface area (Å²) < 4.78 is 5.26. The van der Waals surface area contributed by atoms with Crippen LogP contribution in [0.15, 0.2) is 34.9 Å². The van der Waals surface area contributed by atoms with Crippen molar-refractivity contribution >= 4 is 11.8 Å². The number of piperidine rings is 1. The smallest absolute Gasteiger partial charge is 0.257 e. The Morgan fingerprint density at radius 3 is 2.88 bits per heavy atom. The van der Waals surface area contributed by atoms with E-state index in [4.69, 9.17) is 4.52 Å². The third-order valence-corrected chi connectivity index (χ3v) is 4.58. The first-order valence-corrected chi connectivity index (χ1v) is 9.11. The quantitative estimate of drug-likeness (QED) is 0.856. The van der Waals surface area contributed by atoms with Crippen LogP contribution in [0.3, 0.4) is 0 Å². The van der Waals surface area contributed by atoms with Crippen LogP contribution in [0.25, 0.3) is 11.5 Å². The molecular formula is C19H24N4O3. The molecule has 2 amide bonds. The normalized spacial score (nSPS) is 17.1. The summed E-state index contributed by atoms with van der Waals surface area (Å²) in [6, 6.07) is 9.57. The van der Waals surface area contributed by atoms with Crippen LogP contribution < -0.4 is 5.32 Å². The number of hydrogen-bond donors (Lipinski definition) is 1. The van der Waals surface area contributed by atoms with Gasteiger partial charge in [0.1, 0.15) is 0 Å². The van der Waals surface area contributed by atoms with E-state index in [1.807, 2.05) is 37.3 Å². The zero-order valence-electron chi connectivity index (χ0n) is 15.0. The summed E-state index contributed by atoms with van der Waals surface area (Å²) in [5.74, 6) is 1.01. The van der Waals surface area contributed by atoms with Gasteiger partial charge in [0.15, 0.2) is 5.82 Å². The van der Waals surface area contributed by atoms with Crippen LogP contribution in [0.2, 0.25) is 0 Å². The molecule has 0 spiro atoms. The highest BCUT2D eigenvalue weighted by atomic mass is 16.5. The average molecular weight is 356 g/mol. The van der Waals surface area contributed by atoms with Crippen molar-refractivity contribution in [1.82, 2.24) is 20.4 Å². The predicted molar refractivity (Wildman–Crippen MR) is 96.0 cm³/mol. The summed E-state index contributed by atoms with van der Waals surface area (Å²) in [6.45, 7) is 3.56. The topological polar surface area (TPSA) is 88.3 Å². The first kappa shape index (κ1) is 18.1. The maximum Gasteiger partial charge on any atom is 0.257 e. The monoisotopic (exact) mass is 356 g/mol. The van der Waals surface area contributed by atoms with E-state index < -0.39 is 0 Å². The van der Waals surface area contributed by atoms with Gasteiger partial charge in [-0.25, -0.2) is 0 Å². The van der Waals surface area contributed by atoms with E-state index >= 15 is 0 Å². The Bertz CT molecular complexity index is 744. The third kappa shape index (κ3) is 4.47. The summed E-state index contributed by atoms with van der Waals surface area (Å²) in [5.41, 5.74) is 0.873. The van der Waals surface area contributed by atoms with Crippen LogP contribution in [0.5, 0.6) is 0 Å². The first-order chi connectivity index (χ1) is 12.7. The molecule has 138 valence electrons. The Balaban J connectivity index is 1.47. The molecule has 0 bridgehead atoms. The van der Waals surface area contributed by atoms with Gasteiger partial charge in [-0.15, -0.1) is 0 Å². The minimum absolute atomic E-state index is 0.00891. The number of amides is 2. The molecule has 0 aliphatic carbocycles. The van der Waals surface area contributed by atoms with Gasteiger partial charge in [0.05, 0.1) is 5.92 Å². The lowest BCUT2D eigenvalue weighted by molar-refractivity contribution is -0.135. The van der Waals surface area contributed by atoms with Crippen molar-refractivity contribution < 1.29 is 14.1 Å². The van der Waals surface area contributed by atoms with E-state index in [0.29, 0.717) is 37.6 Å². The molecule has 1 unspecified atom stereocenters. The Hall–Kier alpha value is -2.70. The number of nitrogens with zero attached hydrogens (tertiary/aromatic N) is 3. The van der Waals surface area contributed by atoms with Crippen molar-refractivity contribution in [2.75, 3.05) is 19.6 Å². The fraction of sp³-hybridized carbons (Fsp3) is 0.474. The van der Waals surface area contributed by atoms with E-state index in [9.17, 15) is 9.59 Å². The van der Waals surface area contributed by atoms with Crippen LogP contribution in [0.4, 0.5) is 0 Å². The van der Waals surface area contributed by atoms with Crippen molar-refractivity contribution in [3.05, 3.63) is 36.2 Å². The van der Waals surface area contributed by atoms with Crippen LogP contribution in [0.1, 0.15) is 32.0 Å². The van der Waals surface area contributed by atoms with Crippen molar-refractivity contribution in [3.63, 3.8) is 0 Å². The second kappa shape index (κ2) is 8.60. The number of likely N-dealkylation sites (tertiary alicyclic amines) is 1. The second-order valence-electron chi connectivity index (χ2n) is 6.46. The van der Waals surface area contributed by atoms with Gasteiger partial charge in [-0.1, -0.05) is 30.3 Å². The molecule has 2 heterocycles. The number of hydrogen-bond acceptors (Lipinski definition) is 5. The first-order valence-electron chi connectivity index (χ1n) is 9.11. The fourth-order valence-corrected chi connectivity index (χ4v) is 3.14. The number of carbonyl (C=O) groups is 2. The molecule has 0 radical (unpaired) electrons.